The van der Waals surface area contributed by atoms with Crippen molar-refractivity contribution in [3.05, 3.63) is 0 Å². The molecule has 1 rings (SSSR count). The number of hydrogen-bond acceptors (Lipinski definition) is 1. The van der Waals surface area contributed by atoms with Crippen LogP contribution in [0.25, 0.3) is 0 Å². The summed E-state index contributed by atoms with van der Waals surface area (Å²) in [5, 5.41) is 0. The second-order valence-corrected chi connectivity index (χ2v) is 2.37. The van der Waals surface area contributed by atoms with Crippen molar-refractivity contribution in [2.75, 3.05) is 0 Å². The van der Waals surface area contributed by atoms with Crippen LogP contribution in [0.2, 0.25) is 0 Å². The zero-order valence-electron chi connectivity index (χ0n) is 5.61. The van der Waals surface area contributed by atoms with Crippen molar-refractivity contribution in [2.45, 2.75) is 26.2 Å². The third-order valence-corrected chi connectivity index (χ3v) is 1.72. The van der Waals surface area contributed by atoms with Crippen LogP contribution in [0.15, 0.2) is 0 Å². The van der Waals surface area contributed by atoms with Gasteiger partial charge in [-0.25, -0.2) is 0 Å². The standard InChI is InChI=1S/C8H10O/c1-2-4-8(9)7-5-3-6-7/h7H,3,5-6H2,1H3. The van der Waals surface area contributed by atoms with Crippen LogP contribution in [0.3, 0.4) is 0 Å². The van der Waals surface area contributed by atoms with E-state index in [-0.39, 0.29) is 11.7 Å². The topological polar surface area (TPSA) is 17.1 Å². The molecule has 1 fully saturated rings. The van der Waals surface area contributed by atoms with E-state index in [9.17, 15) is 4.79 Å². The first-order chi connectivity index (χ1) is 4.34. The van der Waals surface area contributed by atoms with Gasteiger partial charge < -0.3 is 0 Å². The molecule has 0 radical (unpaired) electrons. The van der Waals surface area contributed by atoms with Crippen molar-refractivity contribution in [1.29, 1.82) is 0 Å². The highest BCUT2D eigenvalue weighted by Gasteiger charge is 2.23. The van der Waals surface area contributed by atoms with Crippen LogP contribution < -0.4 is 0 Å². The minimum atomic E-state index is 0.142. The highest BCUT2D eigenvalue weighted by atomic mass is 16.1. The van der Waals surface area contributed by atoms with Gasteiger partial charge in [-0.3, -0.25) is 4.79 Å². The molecule has 1 heteroatoms. The van der Waals surface area contributed by atoms with Gasteiger partial charge in [-0.15, -0.1) is 0 Å². The Kier molecular flexibility index (Phi) is 1.89. The van der Waals surface area contributed by atoms with Crippen molar-refractivity contribution >= 4 is 5.78 Å². The van der Waals surface area contributed by atoms with Gasteiger partial charge in [-0.1, -0.05) is 12.3 Å². The molecule has 0 aromatic rings. The normalized spacial score (nSPS) is 17.4. The predicted molar refractivity (Wildman–Crippen MR) is 35.8 cm³/mol. The molecule has 9 heavy (non-hydrogen) atoms. The Hall–Kier alpha value is -0.770. The van der Waals surface area contributed by atoms with Gasteiger partial charge in [0, 0.05) is 5.92 Å². The van der Waals surface area contributed by atoms with Gasteiger partial charge >= 0.3 is 0 Å². The van der Waals surface area contributed by atoms with E-state index in [1.165, 1.54) is 6.42 Å². The van der Waals surface area contributed by atoms with Crippen LogP contribution >= 0.6 is 0 Å². The molecule has 0 bridgehead atoms. The van der Waals surface area contributed by atoms with Crippen LogP contribution in [0, 0.1) is 17.8 Å². The molecule has 1 nitrogen and oxygen atoms in total. The molecular formula is C8H10O. The zero-order valence-corrected chi connectivity index (χ0v) is 5.61. The molecule has 1 aliphatic carbocycles. The van der Waals surface area contributed by atoms with E-state index >= 15 is 0 Å². The molecule has 0 saturated heterocycles. The molecule has 0 aliphatic heterocycles. The van der Waals surface area contributed by atoms with Crippen molar-refractivity contribution in [1.82, 2.24) is 0 Å². The minimum Gasteiger partial charge on any atom is -0.285 e. The lowest BCUT2D eigenvalue weighted by atomic mass is 9.82. The van der Waals surface area contributed by atoms with Gasteiger partial charge in [-0.2, -0.15) is 0 Å². The number of ketones is 1. The Morgan fingerprint density at radius 1 is 1.56 bits per heavy atom. The molecule has 0 aromatic carbocycles. The fourth-order valence-corrected chi connectivity index (χ4v) is 0.896. The van der Waals surface area contributed by atoms with Crippen molar-refractivity contribution in [3.63, 3.8) is 0 Å². The van der Waals surface area contributed by atoms with Gasteiger partial charge in [0.05, 0.1) is 0 Å². The Morgan fingerprint density at radius 2 is 2.22 bits per heavy atom. The summed E-state index contributed by atoms with van der Waals surface area (Å²) in [4.78, 5) is 10.9. The molecule has 0 atom stereocenters. The van der Waals surface area contributed by atoms with Gasteiger partial charge in [-0.05, 0) is 25.7 Å². The maximum atomic E-state index is 10.9. The largest absolute Gasteiger partial charge is 0.285 e. The molecule has 0 N–H and O–H groups in total. The SMILES string of the molecule is CC#CC(=O)C1CCC1. The number of carbonyl (C=O) groups excluding carboxylic acids is 1. The maximum absolute atomic E-state index is 10.9. The van der Waals surface area contributed by atoms with Crippen LogP contribution in [0.1, 0.15) is 26.2 Å². The molecule has 1 aliphatic rings. The van der Waals surface area contributed by atoms with E-state index in [1.807, 2.05) is 0 Å². The van der Waals surface area contributed by atoms with Crippen LogP contribution in [-0.4, -0.2) is 5.78 Å². The van der Waals surface area contributed by atoms with Crippen LogP contribution in [0.5, 0.6) is 0 Å². The smallest absolute Gasteiger partial charge is 0.208 e. The second-order valence-electron chi connectivity index (χ2n) is 2.37. The Balaban J connectivity index is 2.38. The summed E-state index contributed by atoms with van der Waals surface area (Å²) in [6, 6.07) is 0. The third-order valence-electron chi connectivity index (χ3n) is 1.72. The Morgan fingerprint density at radius 3 is 2.56 bits per heavy atom. The quantitative estimate of drug-likeness (QED) is 0.379. The Labute approximate surface area is 55.4 Å². The first kappa shape index (κ1) is 6.35. The van der Waals surface area contributed by atoms with E-state index in [1.54, 1.807) is 6.92 Å². The van der Waals surface area contributed by atoms with Gasteiger partial charge in [0.2, 0.25) is 5.78 Å². The fourth-order valence-electron chi connectivity index (χ4n) is 0.896. The number of hydrogen-bond donors (Lipinski definition) is 0. The van der Waals surface area contributed by atoms with Gasteiger partial charge in [0.15, 0.2) is 0 Å². The molecule has 0 aromatic heterocycles. The van der Waals surface area contributed by atoms with Crippen LogP contribution in [-0.2, 0) is 4.79 Å². The molecule has 48 valence electrons. The molecule has 0 unspecified atom stereocenters. The van der Waals surface area contributed by atoms with E-state index in [0.717, 1.165) is 12.8 Å². The first-order valence-corrected chi connectivity index (χ1v) is 3.31. The van der Waals surface area contributed by atoms with Crippen LogP contribution in [0.4, 0.5) is 0 Å². The number of carbonyl (C=O) groups is 1. The predicted octanol–water partition coefficient (Wildman–Crippen LogP) is 1.38. The lowest BCUT2D eigenvalue weighted by Crippen LogP contribution is -2.20. The average Bonchev–Trinajstić information content (AvgIpc) is 1.60. The molecule has 0 heterocycles. The third kappa shape index (κ3) is 1.32. The maximum Gasteiger partial charge on any atom is 0.208 e. The summed E-state index contributed by atoms with van der Waals surface area (Å²) in [5.41, 5.74) is 0. The molecule has 1 saturated carbocycles. The molecular weight excluding hydrogens is 112 g/mol. The van der Waals surface area contributed by atoms with Gasteiger partial charge in [0.1, 0.15) is 0 Å². The zero-order chi connectivity index (χ0) is 6.69. The monoisotopic (exact) mass is 122 g/mol. The lowest BCUT2D eigenvalue weighted by molar-refractivity contribution is -0.119. The second kappa shape index (κ2) is 2.68. The Bertz CT molecular complexity index is 167. The molecule has 0 amide bonds. The van der Waals surface area contributed by atoms with E-state index in [2.05, 4.69) is 11.8 Å². The fraction of sp³-hybridized carbons (Fsp3) is 0.625. The molecule has 0 spiro atoms. The van der Waals surface area contributed by atoms with Crippen molar-refractivity contribution in [2.24, 2.45) is 5.92 Å². The highest BCUT2D eigenvalue weighted by Crippen LogP contribution is 2.26. The minimum absolute atomic E-state index is 0.142. The first-order valence-electron chi connectivity index (χ1n) is 3.31. The summed E-state index contributed by atoms with van der Waals surface area (Å²) >= 11 is 0. The summed E-state index contributed by atoms with van der Waals surface area (Å²) in [7, 11) is 0. The summed E-state index contributed by atoms with van der Waals surface area (Å²) in [6.07, 6.45) is 3.34. The lowest BCUT2D eigenvalue weighted by Gasteiger charge is -2.20. The van der Waals surface area contributed by atoms with Gasteiger partial charge in [0.25, 0.3) is 0 Å². The highest BCUT2D eigenvalue weighted by molar-refractivity contribution is 5.97. The van der Waals surface area contributed by atoms with E-state index in [0.29, 0.717) is 0 Å². The summed E-state index contributed by atoms with van der Waals surface area (Å²) in [5.74, 6) is 5.61. The number of rotatable bonds is 1. The summed E-state index contributed by atoms with van der Waals surface area (Å²) < 4.78 is 0. The van der Waals surface area contributed by atoms with Crippen molar-refractivity contribution < 1.29 is 4.79 Å². The summed E-state index contributed by atoms with van der Waals surface area (Å²) in [6.45, 7) is 1.70. The average molecular weight is 122 g/mol. The van der Waals surface area contributed by atoms with E-state index in [4.69, 9.17) is 0 Å². The van der Waals surface area contributed by atoms with E-state index < -0.39 is 0 Å². The van der Waals surface area contributed by atoms with Crippen molar-refractivity contribution in [3.8, 4) is 11.8 Å². The number of Topliss-reactive ketones (excluding diaryl/α,β-unsaturated/α-hetero) is 1.